The molecule has 0 bridgehead atoms. The SMILES string of the molecule is COc1c[n+](C)c(N=Nc2c(-c3ccccc3)n(-c3ccccc3)c3ccccc23)s1. The number of rotatable bonds is 5. The summed E-state index contributed by atoms with van der Waals surface area (Å²) in [5.41, 5.74) is 5.13. The number of hydrogen-bond acceptors (Lipinski definition) is 4. The molecule has 0 amide bonds. The normalized spacial score (nSPS) is 11.4. The van der Waals surface area contributed by atoms with E-state index in [1.165, 1.54) is 11.3 Å². The van der Waals surface area contributed by atoms with Crippen LogP contribution in [0.5, 0.6) is 5.06 Å². The minimum absolute atomic E-state index is 0.771. The van der Waals surface area contributed by atoms with Crippen LogP contribution in [-0.4, -0.2) is 11.7 Å². The van der Waals surface area contributed by atoms with E-state index >= 15 is 0 Å². The molecule has 5 aromatic rings. The molecular weight excluding hydrogens is 404 g/mol. The van der Waals surface area contributed by atoms with E-state index in [0.29, 0.717) is 0 Å². The van der Waals surface area contributed by atoms with E-state index in [-0.39, 0.29) is 0 Å². The van der Waals surface area contributed by atoms with Crippen LogP contribution in [0.3, 0.4) is 0 Å². The minimum Gasteiger partial charge on any atom is -0.484 e. The Kier molecular flexibility index (Phi) is 5.06. The Morgan fingerprint density at radius 1 is 0.839 bits per heavy atom. The van der Waals surface area contributed by atoms with Crippen LogP contribution in [0.4, 0.5) is 10.8 Å². The van der Waals surface area contributed by atoms with Gasteiger partial charge in [-0.25, -0.2) is 4.57 Å². The molecule has 0 saturated heterocycles. The maximum absolute atomic E-state index is 5.34. The summed E-state index contributed by atoms with van der Waals surface area (Å²) in [6.45, 7) is 0. The molecule has 6 heteroatoms. The van der Waals surface area contributed by atoms with Gasteiger partial charge in [0.25, 0.3) is 0 Å². The molecule has 0 aliphatic carbocycles. The van der Waals surface area contributed by atoms with E-state index in [4.69, 9.17) is 9.85 Å². The fourth-order valence-electron chi connectivity index (χ4n) is 3.71. The summed E-state index contributed by atoms with van der Waals surface area (Å²) in [5, 5.41) is 12.0. The highest BCUT2D eigenvalue weighted by Crippen LogP contribution is 2.43. The number of aryl methyl sites for hydroxylation is 1. The number of fused-ring (bicyclic) bond motifs is 1. The van der Waals surface area contributed by atoms with Crippen molar-refractivity contribution in [3.63, 3.8) is 0 Å². The Hall–Kier alpha value is -3.77. The van der Waals surface area contributed by atoms with Crippen molar-refractivity contribution < 1.29 is 9.30 Å². The van der Waals surface area contributed by atoms with Gasteiger partial charge in [-0.3, -0.25) is 0 Å². The molecule has 0 radical (unpaired) electrons. The van der Waals surface area contributed by atoms with Gasteiger partial charge in [0.05, 0.1) is 30.5 Å². The van der Waals surface area contributed by atoms with E-state index in [0.717, 1.165) is 43.7 Å². The Labute approximate surface area is 184 Å². The Morgan fingerprint density at radius 2 is 1.52 bits per heavy atom. The fourth-order valence-corrected chi connectivity index (χ4v) is 4.46. The van der Waals surface area contributed by atoms with Crippen LogP contribution in [-0.2, 0) is 7.05 Å². The third-order valence-electron chi connectivity index (χ3n) is 5.14. The maximum atomic E-state index is 5.34. The van der Waals surface area contributed by atoms with E-state index in [1.54, 1.807) is 7.11 Å². The van der Waals surface area contributed by atoms with Crippen LogP contribution in [0, 0.1) is 0 Å². The number of ether oxygens (including phenoxy) is 1. The average molecular weight is 426 g/mol. The van der Waals surface area contributed by atoms with Crippen molar-refractivity contribution in [2.75, 3.05) is 7.11 Å². The number of methoxy groups -OCH3 is 1. The molecule has 0 saturated carbocycles. The van der Waals surface area contributed by atoms with Gasteiger partial charge < -0.3 is 9.30 Å². The molecule has 31 heavy (non-hydrogen) atoms. The lowest BCUT2D eigenvalue weighted by molar-refractivity contribution is -0.654. The zero-order valence-electron chi connectivity index (χ0n) is 17.3. The van der Waals surface area contributed by atoms with E-state index in [2.05, 4.69) is 64.3 Å². The van der Waals surface area contributed by atoms with Crippen molar-refractivity contribution in [3.8, 4) is 22.0 Å². The van der Waals surface area contributed by atoms with E-state index in [9.17, 15) is 0 Å². The molecule has 3 aromatic carbocycles. The first-order valence-corrected chi connectivity index (χ1v) is 10.8. The first kappa shape index (κ1) is 19.2. The van der Waals surface area contributed by atoms with Crippen LogP contribution in [0.15, 0.2) is 101 Å². The highest BCUT2D eigenvalue weighted by atomic mass is 32.1. The van der Waals surface area contributed by atoms with Crippen molar-refractivity contribution in [2.24, 2.45) is 17.3 Å². The molecule has 0 unspecified atom stereocenters. The number of para-hydroxylation sites is 2. The molecule has 0 atom stereocenters. The predicted octanol–water partition coefficient (Wildman–Crippen LogP) is 6.61. The van der Waals surface area contributed by atoms with Crippen molar-refractivity contribution in [1.29, 1.82) is 0 Å². The van der Waals surface area contributed by atoms with Crippen LogP contribution < -0.4 is 9.30 Å². The quantitative estimate of drug-likeness (QED) is 0.231. The predicted molar refractivity (Wildman–Crippen MR) is 125 cm³/mol. The molecular formula is C25H21N4OS+. The number of thiazole rings is 1. The zero-order valence-corrected chi connectivity index (χ0v) is 18.1. The Bertz CT molecular complexity index is 1370. The first-order valence-electron chi connectivity index (χ1n) is 9.96. The monoisotopic (exact) mass is 425 g/mol. The number of aromatic nitrogens is 2. The van der Waals surface area contributed by atoms with E-state index < -0.39 is 0 Å². The zero-order chi connectivity index (χ0) is 21.2. The summed E-state index contributed by atoms with van der Waals surface area (Å²) < 4.78 is 9.53. The van der Waals surface area contributed by atoms with Gasteiger partial charge in [-0.05, 0) is 34.7 Å². The van der Waals surface area contributed by atoms with Crippen LogP contribution in [0.25, 0.3) is 27.8 Å². The smallest absolute Gasteiger partial charge is 0.411 e. The third-order valence-corrected chi connectivity index (χ3v) is 6.16. The van der Waals surface area contributed by atoms with Crippen molar-refractivity contribution >= 4 is 33.1 Å². The molecule has 2 aromatic heterocycles. The van der Waals surface area contributed by atoms with Crippen LogP contribution in [0.1, 0.15) is 0 Å². The van der Waals surface area contributed by atoms with Gasteiger partial charge in [-0.15, -0.1) is 0 Å². The lowest BCUT2D eigenvalue weighted by Crippen LogP contribution is -2.23. The van der Waals surface area contributed by atoms with E-state index in [1.807, 2.05) is 48.1 Å². The van der Waals surface area contributed by atoms with Gasteiger partial charge in [0.2, 0.25) is 5.06 Å². The lowest BCUT2D eigenvalue weighted by Gasteiger charge is -2.11. The Morgan fingerprint density at radius 3 is 2.23 bits per heavy atom. The number of benzene rings is 3. The second-order valence-corrected chi connectivity index (χ2v) is 8.07. The maximum Gasteiger partial charge on any atom is 0.411 e. The second-order valence-electron chi connectivity index (χ2n) is 7.10. The summed E-state index contributed by atoms with van der Waals surface area (Å²) in [6.07, 6.45) is 1.91. The summed E-state index contributed by atoms with van der Waals surface area (Å²) in [4.78, 5) is 0. The minimum atomic E-state index is 0.771. The van der Waals surface area contributed by atoms with Crippen molar-refractivity contribution in [1.82, 2.24) is 4.57 Å². The standard InChI is InChI=1S/C25H21N4OS/c1-28-17-22(30-2)31-25(28)27-26-23-20-15-9-10-16-21(20)29(19-13-7-4-8-14-19)24(23)18-11-5-3-6-12-18/h3-17H,1-2H3/q+1. The third kappa shape index (κ3) is 3.51. The lowest BCUT2D eigenvalue weighted by atomic mass is 10.1. The fraction of sp³-hybridized carbons (Fsp3) is 0.0800. The largest absolute Gasteiger partial charge is 0.484 e. The average Bonchev–Trinajstić information content (AvgIpc) is 3.36. The second kappa shape index (κ2) is 8.16. The number of nitrogens with zero attached hydrogens (tertiary/aromatic N) is 4. The summed E-state index contributed by atoms with van der Waals surface area (Å²) >= 11 is 1.46. The topological polar surface area (TPSA) is 42.8 Å². The Balaban J connectivity index is 1.79. The van der Waals surface area contributed by atoms with Gasteiger partial charge in [0.15, 0.2) is 0 Å². The summed E-state index contributed by atoms with van der Waals surface area (Å²) in [5.74, 6) is 0. The first-order chi connectivity index (χ1) is 15.3. The molecule has 152 valence electrons. The van der Waals surface area contributed by atoms with Gasteiger partial charge in [-0.1, -0.05) is 66.7 Å². The highest BCUT2D eigenvalue weighted by molar-refractivity contribution is 7.16. The number of hydrogen-bond donors (Lipinski definition) is 0. The number of azo groups is 1. The molecule has 0 aliphatic rings. The molecule has 2 heterocycles. The van der Waals surface area contributed by atoms with Crippen molar-refractivity contribution in [2.45, 2.75) is 0 Å². The molecule has 5 rings (SSSR count). The van der Waals surface area contributed by atoms with Gasteiger partial charge in [-0.2, -0.15) is 0 Å². The molecule has 0 N–H and O–H groups in total. The molecule has 5 nitrogen and oxygen atoms in total. The van der Waals surface area contributed by atoms with Gasteiger partial charge in [0, 0.05) is 16.6 Å². The summed E-state index contributed by atoms with van der Waals surface area (Å²) in [7, 11) is 3.60. The molecule has 0 fully saturated rings. The van der Waals surface area contributed by atoms with Gasteiger partial charge >= 0.3 is 5.13 Å². The van der Waals surface area contributed by atoms with Gasteiger partial charge in [0.1, 0.15) is 11.9 Å². The highest BCUT2D eigenvalue weighted by Gasteiger charge is 2.22. The molecule has 0 spiro atoms. The summed E-state index contributed by atoms with van der Waals surface area (Å²) in [6, 6.07) is 29.0. The van der Waals surface area contributed by atoms with Crippen LogP contribution >= 0.6 is 11.3 Å². The molecule has 0 aliphatic heterocycles. The van der Waals surface area contributed by atoms with Crippen molar-refractivity contribution in [3.05, 3.63) is 91.1 Å². The van der Waals surface area contributed by atoms with Crippen LogP contribution in [0.2, 0.25) is 0 Å².